The Kier molecular flexibility index (Phi) is 3.47. The van der Waals surface area contributed by atoms with E-state index in [1.165, 1.54) is 5.56 Å². The Morgan fingerprint density at radius 1 is 1.21 bits per heavy atom. The van der Waals surface area contributed by atoms with E-state index in [1.54, 1.807) is 12.4 Å². The number of aromatic nitrogens is 1. The average molecular weight is 255 g/mol. The average Bonchev–Trinajstić information content (AvgIpc) is 2.47. The molecule has 0 saturated heterocycles. The van der Waals surface area contributed by atoms with E-state index in [-0.39, 0.29) is 6.10 Å². The maximum Gasteiger partial charge on any atom is 0.120 e. The van der Waals surface area contributed by atoms with Crippen LogP contribution in [0, 0.1) is 0 Å². The molecule has 0 unspecified atom stereocenters. The minimum atomic E-state index is -0.340. The number of aliphatic hydroxyl groups excluding tert-OH is 1. The van der Waals surface area contributed by atoms with E-state index in [2.05, 4.69) is 11.1 Å². The van der Waals surface area contributed by atoms with Crippen LogP contribution in [0.25, 0.3) is 0 Å². The summed E-state index contributed by atoms with van der Waals surface area (Å²) in [6, 6.07) is 9.90. The minimum Gasteiger partial charge on any atom is -0.489 e. The van der Waals surface area contributed by atoms with Crippen LogP contribution in [0.4, 0.5) is 0 Å². The van der Waals surface area contributed by atoms with Crippen molar-refractivity contribution in [2.75, 3.05) is 0 Å². The first-order valence-electron chi connectivity index (χ1n) is 6.65. The van der Waals surface area contributed by atoms with Gasteiger partial charge in [-0.1, -0.05) is 6.07 Å². The van der Waals surface area contributed by atoms with Gasteiger partial charge < -0.3 is 9.84 Å². The van der Waals surface area contributed by atoms with Gasteiger partial charge in [0.25, 0.3) is 0 Å². The van der Waals surface area contributed by atoms with Crippen molar-refractivity contribution < 1.29 is 9.84 Å². The summed E-state index contributed by atoms with van der Waals surface area (Å²) in [7, 11) is 0. The molecule has 0 bridgehead atoms. The zero-order valence-corrected chi connectivity index (χ0v) is 10.7. The van der Waals surface area contributed by atoms with Crippen molar-refractivity contribution in [2.45, 2.75) is 32.0 Å². The second-order valence-electron chi connectivity index (χ2n) is 4.91. The summed E-state index contributed by atoms with van der Waals surface area (Å²) in [5.41, 5.74) is 3.36. The van der Waals surface area contributed by atoms with Crippen LogP contribution in [0.1, 0.15) is 35.6 Å². The van der Waals surface area contributed by atoms with Crippen molar-refractivity contribution in [3.05, 3.63) is 59.4 Å². The number of fused-ring (bicyclic) bond motifs is 1. The highest BCUT2D eigenvalue weighted by Crippen LogP contribution is 2.32. The predicted octanol–water partition coefficient (Wildman–Crippen LogP) is 3.03. The molecule has 1 heterocycles. The van der Waals surface area contributed by atoms with E-state index in [0.29, 0.717) is 6.61 Å². The molecule has 0 aliphatic heterocycles. The summed E-state index contributed by atoms with van der Waals surface area (Å²) in [5, 5.41) is 10.0. The Morgan fingerprint density at radius 3 is 2.89 bits per heavy atom. The molecule has 3 rings (SSSR count). The SMILES string of the molecule is O[C@@H]1CCCc2ccc(OCc3ccncc3)cc21. The highest BCUT2D eigenvalue weighted by Gasteiger charge is 2.18. The highest BCUT2D eigenvalue weighted by atomic mass is 16.5. The molecule has 98 valence electrons. The molecule has 0 radical (unpaired) electrons. The normalized spacial score (nSPS) is 17.8. The summed E-state index contributed by atoms with van der Waals surface area (Å²) in [4.78, 5) is 3.98. The molecule has 3 heteroatoms. The number of aryl methyl sites for hydroxylation is 1. The van der Waals surface area contributed by atoms with Crippen LogP contribution in [0.3, 0.4) is 0 Å². The third kappa shape index (κ3) is 2.76. The number of benzene rings is 1. The molecule has 19 heavy (non-hydrogen) atoms. The Labute approximate surface area is 112 Å². The van der Waals surface area contributed by atoms with E-state index in [0.717, 1.165) is 36.1 Å². The third-order valence-electron chi connectivity index (χ3n) is 3.55. The fourth-order valence-electron chi connectivity index (χ4n) is 2.49. The van der Waals surface area contributed by atoms with Crippen LogP contribution in [0.5, 0.6) is 5.75 Å². The molecule has 1 aromatic carbocycles. The molecule has 1 aromatic heterocycles. The van der Waals surface area contributed by atoms with Gasteiger partial charge in [0, 0.05) is 12.4 Å². The number of hydrogen-bond donors (Lipinski definition) is 1. The number of nitrogens with zero attached hydrogens (tertiary/aromatic N) is 1. The molecule has 1 aliphatic rings. The van der Waals surface area contributed by atoms with Gasteiger partial charge in [0.05, 0.1) is 6.10 Å². The third-order valence-corrected chi connectivity index (χ3v) is 3.55. The Balaban J connectivity index is 1.74. The van der Waals surface area contributed by atoms with E-state index in [1.807, 2.05) is 24.3 Å². The number of hydrogen-bond acceptors (Lipinski definition) is 3. The molecule has 3 nitrogen and oxygen atoms in total. The lowest BCUT2D eigenvalue weighted by Crippen LogP contribution is -2.09. The second-order valence-corrected chi connectivity index (χ2v) is 4.91. The largest absolute Gasteiger partial charge is 0.489 e. The lowest BCUT2D eigenvalue weighted by molar-refractivity contribution is 0.156. The zero-order valence-electron chi connectivity index (χ0n) is 10.7. The predicted molar refractivity (Wildman–Crippen MR) is 72.9 cm³/mol. The molecule has 0 fully saturated rings. The van der Waals surface area contributed by atoms with Crippen molar-refractivity contribution in [1.29, 1.82) is 0 Å². The van der Waals surface area contributed by atoms with Gasteiger partial charge in [0.2, 0.25) is 0 Å². The van der Waals surface area contributed by atoms with Crippen LogP contribution >= 0.6 is 0 Å². The molecule has 1 N–H and O–H groups in total. The van der Waals surface area contributed by atoms with Gasteiger partial charge in [-0.05, 0) is 60.2 Å². The molecule has 0 spiro atoms. The van der Waals surface area contributed by atoms with Gasteiger partial charge in [-0.3, -0.25) is 4.98 Å². The topological polar surface area (TPSA) is 42.4 Å². The van der Waals surface area contributed by atoms with Crippen molar-refractivity contribution in [1.82, 2.24) is 4.98 Å². The van der Waals surface area contributed by atoms with Crippen molar-refractivity contribution >= 4 is 0 Å². The fourth-order valence-corrected chi connectivity index (χ4v) is 2.49. The fraction of sp³-hybridized carbons (Fsp3) is 0.312. The van der Waals surface area contributed by atoms with Gasteiger partial charge >= 0.3 is 0 Å². The van der Waals surface area contributed by atoms with Crippen LogP contribution in [-0.4, -0.2) is 10.1 Å². The Bertz CT molecular complexity index is 554. The van der Waals surface area contributed by atoms with E-state index in [4.69, 9.17) is 4.74 Å². The highest BCUT2D eigenvalue weighted by molar-refractivity contribution is 5.38. The van der Waals surface area contributed by atoms with E-state index < -0.39 is 0 Å². The Morgan fingerprint density at radius 2 is 2.05 bits per heavy atom. The standard InChI is InChI=1S/C16H17NO2/c18-16-3-1-2-13-4-5-14(10-15(13)16)19-11-12-6-8-17-9-7-12/h4-10,16,18H,1-3,11H2/t16-/m1/s1. The first-order chi connectivity index (χ1) is 9.33. The summed E-state index contributed by atoms with van der Waals surface area (Å²) >= 11 is 0. The number of aliphatic hydroxyl groups is 1. The van der Waals surface area contributed by atoms with Crippen molar-refractivity contribution in [3.63, 3.8) is 0 Å². The first kappa shape index (κ1) is 12.2. The van der Waals surface area contributed by atoms with Crippen molar-refractivity contribution in [2.24, 2.45) is 0 Å². The van der Waals surface area contributed by atoms with Gasteiger partial charge in [0.15, 0.2) is 0 Å². The lowest BCUT2D eigenvalue weighted by atomic mass is 9.89. The van der Waals surface area contributed by atoms with Crippen LogP contribution in [0.15, 0.2) is 42.7 Å². The molecule has 2 aromatic rings. The second kappa shape index (κ2) is 5.41. The number of rotatable bonds is 3. The molecule has 1 atom stereocenters. The smallest absolute Gasteiger partial charge is 0.120 e. The molecular weight excluding hydrogens is 238 g/mol. The maximum absolute atomic E-state index is 10.0. The van der Waals surface area contributed by atoms with Gasteiger partial charge in [-0.2, -0.15) is 0 Å². The van der Waals surface area contributed by atoms with Gasteiger partial charge in [0.1, 0.15) is 12.4 Å². The summed E-state index contributed by atoms with van der Waals surface area (Å²) in [5.74, 6) is 0.816. The number of pyridine rings is 1. The maximum atomic E-state index is 10.0. The molecule has 0 amide bonds. The van der Waals surface area contributed by atoms with Crippen LogP contribution in [0.2, 0.25) is 0 Å². The van der Waals surface area contributed by atoms with E-state index >= 15 is 0 Å². The van der Waals surface area contributed by atoms with E-state index in [9.17, 15) is 5.11 Å². The first-order valence-corrected chi connectivity index (χ1v) is 6.65. The quantitative estimate of drug-likeness (QED) is 0.916. The number of ether oxygens (including phenoxy) is 1. The summed E-state index contributed by atoms with van der Waals surface area (Å²) in [6.45, 7) is 0.525. The van der Waals surface area contributed by atoms with Crippen LogP contribution < -0.4 is 4.74 Å². The molecule has 0 saturated carbocycles. The lowest BCUT2D eigenvalue weighted by Gasteiger charge is -2.22. The van der Waals surface area contributed by atoms with Crippen molar-refractivity contribution in [3.8, 4) is 5.75 Å². The van der Waals surface area contributed by atoms with Gasteiger partial charge in [-0.15, -0.1) is 0 Å². The molecular formula is C16H17NO2. The summed E-state index contributed by atoms with van der Waals surface area (Å²) in [6.07, 6.45) is 6.14. The summed E-state index contributed by atoms with van der Waals surface area (Å²) < 4.78 is 5.77. The molecule has 1 aliphatic carbocycles. The van der Waals surface area contributed by atoms with Crippen LogP contribution in [-0.2, 0) is 13.0 Å². The minimum absolute atomic E-state index is 0.340. The zero-order chi connectivity index (χ0) is 13.1. The Hall–Kier alpha value is -1.87. The van der Waals surface area contributed by atoms with Gasteiger partial charge in [-0.25, -0.2) is 0 Å². The monoisotopic (exact) mass is 255 g/mol.